The van der Waals surface area contributed by atoms with Gasteiger partial charge in [0, 0.05) is 36.5 Å². The molecule has 0 radical (unpaired) electrons. The molecule has 0 fully saturated rings. The number of aromatic amines is 1. The molecule has 0 saturated heterocycles. The zero-order valence-electron chi connectivity index (χ0n) is 16.2. The first kappa shape index (κ1) is 20.6. The quantitative estimate of drug-likeness (QED) is 0.387. The van der Waals surface area contributed by atoms with Gasteiger partial charge in [-0.3, -0.25) is 4.79 Å². The highest BCUT2D eigenvalue weighted by Gasteiger charge is 2.21. The van der Waals surface area contributed by atoms with Gasteiger partial charge >= 0.3 is 0 Å². The van der Waals surface area contributed by atoms with Crippen molar-refractivity contribution < 1.29 is 22.4 Å². The summed E-state index contributed by atoms with van der Waals surface area (Å²) in [7, 11) is 0. The van der Waals surface area contributed by atoms with Crippen LogP contribution in [0.25, 0.3) is 27.7 Å². The zero-order valence-corrected chi connectivity index (χ0v) is 16.2. The predicted octanol–water partition coefficient (Wildman–Crippen LogP) is 3.33. The first-order chi connectivity index (χ1) is 14.7. The highest BCUT2D eigenvalue weighted by atomic mass is 19.3. The number of fused-ring (bicyclic) bond motifs is 2. The largest absolute Gasteiger partial charge is 0.348 e. The summed E-state index contributed by atoms with van der Waals surface area (Å²) in [5.74, 6) is -3.50. The highest BCUT2D eigenvalue weighted by Crippen LogP contribution is 2.29. The Bertz CT molecular complexity index is 1250. The van der Waals surface area contributed by atoms with E-state index in [1.807, 2.05) is 0 Å². The van der Waals surface area contributed by atoms with Crippen molar-refractivity contribution in [3.63, 3.8) is 0 Å². The fourth-order valence-electron chi connectivity index (χ4n) is 3.05. The van der Waals surface area contributed by atoms with Crippen molar-refractivity contribution in [3.8, 4) is 11.1 Å². The predicted molar refractivity (Wildman–Crippen MR) is 106 cm³/mol. The molecule has 0 aromatic carbocycles. The topological polar surface area (TPSA) is 100 Å². The SMILES string of the molecule is CC(F)(F)CNc1ncc2c(-c3ccn4ncc(C(=O)NCC(F)F)c4c3)c[nH]c2n1. The summed E-state index contributed by atoms with van der Waals surface area (Å²) in [6.45, 7) is -0.559. The van der Waals surface area contributed by atoms with E-state index in [9.17, 15) is 22.4 Å². The van der Waals surface area contributed by atoms with Crippen LogP contribution in [-0.2, 0) is 0 Å². The number of rotatable bonds is 7. The van der Waals surface area contributed by atoms with Crippen LogP contribution in [0.2, 0.25) is 0 Å². The van der Waals surface area contributed by atoms with Gasteiger partial charge in [0.1, 0.15) is 5.65 Å². The normalized spacial score (nSPS) is 12.1. The number of H-pyrrole nitrogens is 1. The van der Waals surface area contributed by atoms with E-state index >= 15 is 0 Å². The molecule has 0 spiro atoms. The van der Waals surface area contributed by atoms with Crippen molar-refractivity contribution in [1.29, 1.82) is 0 Å². The second-order valence-electron chi connectivity index (χ2n) is 6.99. The van der Waals surface area contributed by atoms with Gasteiger partial charge in [0.25, 0.3) is 18.3 Å². The van der Waals surface area contributed by atoms with Gasteiger partial charge in [-0.1, -0.05) is 0 Å². The number of anilines is 1. The van der Waals surface area contributed by atoms with E-state index in [4.69, 9.17) is 0 Å². The minimum atomic E-state index is -2.90. The summed E-state index contributed by atoms with van der Waals surface area (Å²) in [6, 6.07) is 3.45. The van der Waals surface area contributed by atoms with E-state index in [-0.39, 0.29) is 11.5 Å². The molecule has 4 rings (SSSR count). The number of amides is 1. The van der Waals surface area contributed by atoms with E-state index in [2.05, 4.69) is 30.7 Å². The lowest BCUT2D eigenvalue weighted by Gasteiger charge is -2.10. The van der Waals surface area contributed by atoms with Crippen molar-refractivity contribution in [2.75, 3.05) is 18.4 Å². The highest BCUT2D eigenvalue weighted by molar-refractivity contribution is 6.02. The van der Waals surface area contributed by atoms with Crippen LogP contribution in [0.4, 0.5) is 23.5 Å². The van der Waals surface area contributed by atoms with Gasteiger partial charge in [-0.25, -0.2) is 27.1 Å². The van der Waals surface area contributed by atoms with Crippen LogP contribution in [0.15, 0.2) is 36.9 Å². The Morgan fingerprint density at radius 1 is 1.32 bits per heavy atom. The Morgan fingerprint density at radius 3 is 2.87 bits per heavy atom. The zero-order chi connectivity index (χ0) is 22.2. The first-order valence-corrected chi connectivity index (χ1v) is 9.21. The van der Waals surface area contributed by atoms with E-state index in [1.54, 1.807) is 24.5 Å². The number of nitrogens with one attached hydrogen (secondary N) is 3. The maximum absolute atomic E-state index is 13.0. The molecule has 0 aliphatic rings. The summed E-state index contributed by atoms with van der Waals surface area (Å²) >= 11 is 0. The number of halogens is 4. The Kier molecular flexibility index (Phi) is 5.21. The van der Waals surface area contributed by atoms with Crippen LogP contribution < -0.4 is 10.6 Å². The number of alkyl halides is 4. The molecular weight excluding hydrogens is 418 g/mol. The number of aromatic nitrogens is 5. The summed E-state index contributed by atoms with van der Waals surface area (Å²) in [5, 5.41) is 9.35. The van der Waals surface area contributed by atoms with Gasteiger partial charge in [0.15, 0.2) is 0 Å². The molecule has 0 saturated carbocycles. The second-order valence-corrected chi connectivity index (χ2v) is 6.99. The third-order valence-corrected chi connectivity index (χ3v) is 4.48. The Balaban J connectivity index is 1.65. The van der Waals surface area contributed by atoms with Crippen LogP contribution in [0, 0.1) is 0 Å². The van der Waals surface area contributed by atoms with E-state index < -0.39 is 31.3 Å². The molecule has 8 nitrogen and oxygen atoms in total. The molecule has 4 aromatic heterocycles. The summed E-state index contributed by atoms with van der Waals surface area (Å²) in [6.07, 6.45) is 3.46. The fourth-order valence-corrected chi connectivity index (χ4v) is 3.05. The molecule has 0 aliphatic heterocycles. The standard InChI is InChI=1S/C19H17F4N7O/c1-19(22,23)9-27-18-26-6-12-11(5-24-16(12)29-18)10-2-3-30-14(4-10)13(7-28-30)17(31)25-8-15(20)21/h2-7,15H,8-9H2,1H3,(H,25,31)(H2,24,26,27,29). The lowest BCUT2D eigenvalue weighted by atomic mass is 10.1. The lowest BCUT2D eigenvalue weighted by molar-refractivity contribution is 0.0366. The Morgan fingerprint density at radius 2 is 2.13 bits per heavy atom. The first-order valence-electron chi connectivity index (χ1n) is 9.21. The average Bonchev–Trinajstić information content (AvgIpc) is 3.33. The van der Waals surface area contributed by atoms with Crippen molar-refractivity contribution >= 4 is 28.4 Å². The summed E-state index contributed by atoms with van der Waals surface area (Å²) in [5.41, 5.74) is 2.44. The molecule has 0 atom stereocenters. The molecule has 162 valence electrons. The summed E-state index contributed by atoms with van der Waals surface area (Å²) in [4.78, 5) is 23.5. The van der Waals surface area contributed by atoms with Crippen LogP contribution in [-0.4, -0.2) is 55.9 Å². The van der Waals surface area contributed by atoms with Crippen LogP contribution in [0.5, 0.6) is 0 Å². The lowest BCUT2D eigenvalue weighted by Crippen LogP contribution is -2.28. The molecule has 0 bridgehead atoms. The summed E-state index contributed by atoms with van der Waals surface area (Å²) < 4.78 is 52.3. The van der Waals surface area contributed by atoms with E-state index in [0.29, 0.717) is 27.7 Å². The number of hydrogen-bond acceptors (Lipinski definition) is 5. The van der Waals surface area contributed by atoms with Crippen LogP contribution in [0.1, 0.15) is 17.3 Å². The third kappa shape index (κ3) is 4.42. The monoisotopic (exact) mass is 435 g/mol. The molecule has 3 N–H and O–H groups in total. The molecule has 0 unspecified atom stereocenters. The maximum atomic E-state index is 13.0. The fraction of sp³-hybridized carbons (Fsp3) is 0.263. The molecule has 12 heteroatoms. The van der Waals surface area contributed by atoms with Crippen LogP contribution >= 0.6 is 0 Å². The number of pyridine rings is 1. The maximum Gasteiger partial charge on any atom is 0.262 e. The van der Waals surface area contributed by atoms with Crippen molar-refractivity contribution in [2.45, 2.75) is 19.3 Å². The second kappa shape index (κ2) is 7.85. The van der Waals surface area contributed by atoms with Gasteiger partial charge in [-0.05, 0) is 17.7 Å². The van der Waals surface area contributed by atoms with E-state index in [1.165, 1.54) is 16.9 Å². The third-order valence-electron chi connectivity index (χ3n) is 4.48. The Hall–Kier alpha value is -3.70. The van der Waals surface area contributed by atoms with Gasteiger partial charge in [0.2, 0.25) is 5.95 Å². The molecule has 1 amide bonds. The number of nitrogens with zero attached hydrogens (tertiary/aromatic N) is 4. The van der Waals surface area contributed by atoms with Crippen molar-refractivity contribution in [3.05, 3.63) is 42.5 Å². The minimum absolute atomic E-state index is 0.0617. The van der Waals surface area contributed by atoms with E-state index in [0.717, 1.165) is 6.92 Å². The average molecular weight is 435 g/mol. The van der Waals surface area contributed by atoms with Gasteiger partial charge in [-0.15, -0.1) is 0 Å². The Labute approximate surface area is 172 Å². The van der Waals surface area contributed by atoms with Crippen molar-refractivity contribution in [1.82, 2.24) is 29.9 Å². The molecule has 31 heavy (non-hydrogen) atoms. The smallest absolute Gasteiger partial charge is 0.262 e. The van der Waals surface area contributed by atoms with Crippen molar-refractivity contribution in [2.24, 2.45) is 0 Å². The minimum Gasteiger partial charge on any atom is -0.348 e. The molecule has 0 aliphatic carbocycles. The van der Waals surface area contributed by atoms with Gasteiger partial charge in [-0.2, -0.15) is 10.1 Å². The number of hydrogen-bond donors (Lipinski definition) is 3. The number of carbonyl (C=O) groups excluding carboxylic acids is 1. The molecule has 4 aromatic rings. The molecule has 4 heterocycles. The number of carbonyl (C=O) groups is 1. The van der Waals surface area contributed by atoms with Gasteiger partial charge in [0.05, 0.1) is 30.4 Å². The van der Waals surface area contributed by atoms with Crippen LogP contribution in [0.3, 0.4) is 0 Å². The van der Waals surface area contributed by atoms with Gasteiger partial charge < -0.3 is 15.6 Å². The molecular formula is C19H17F4N7O.